The van der Waals surface area contributed by atoms with Crippen LogP contribution < -0.4 is 14.2 Å². The minimum Gasteiger partial charge on any atom is -0.493 e. The third-order valence-electron chi connectivity index (χ3n) is 4.34. The number of ether oxygens (including phenoxy) is 3. The maximum Gasteiger partial charge on any atom is 0.356 e. The van der Waals surface area contributed by atoms with E-state index in [4.69, 9.17) is 14.2 Å². The zero-order chi connectivity index (χ0) is 16.7. The minimum atomic E-state index is -1.00. The lowest BCUT2D eigenvalue weighted by atomic mass is 10.0. The van der Waals surface area contributed by atoms with Crippen molar-refractivity contribution in [3.05, 3.63) is 34.6 Å². The Morgan fingerprint density at radius 2 is 2.33 bits per heavy atom. The lowest BCUT2D eigenvalue weighted by Crippen LogP contribution is -2.30. The fraction of sp³-hybridized carbons (Fsp3) is 0.375. The van der Waals surface area contributed by atoms with Gasteiger partial charge < -0.3 is 19.3 Å². The van der Waals surface area contributed by atoms with Crippen molar-refractivity contribution in [3.63, 3.8) is 0 Å². The van der Waals surface area contributed by atoms with Crippen LogP contribution in [-0.2, 0) is 19.5 Å². The number of hydrogen-bond donors (Lipinski definition) is 2. The number of benzene rings is 1. The van der Waals surface area contributed by atoms with Crippen molar-refractivity contribution in [2.45, 2.75) is 19.5 Å². The number of nitrogens with zero attached hydrogens (tertiary/aromatic N) is 2. The molecule has 4 rings (SSSR count). The van der Waals surface area contributed by atoms with Gasteiger partial charge in [0.05, 0.1) is 7.11 Å². The molecular formula is C16H17N3O5. The summed E-state index contributed by atoms with van der Waals surface area (Å²) in [5, 5.41) is 16.0. The van der Waals surface area contributed by atoms with Crippen LogP contribution in [0.1, 0.15) is 27.3 Å². The monoisotopic (exact) mass is 331 g/mol. The quantitative estimate of drug-likeness (QED) is 0.874. The molecule has 1 aromatic carbocycles. The van der Waals surface area contributed by atoms with Crippen molar-refractivity contribution in [1.82, 2.24) is 15.1 Å². The molecule has 0 unspecified atom stereocenters. The number of carbonyl (C=O) groups is 1. The molecule has 0 aliphatic carbocycles. The highest BCUT2D eigenvalue weighted by atomic mass is 16.7. The van der Waals surface area contributed by atoms with E-state index in [9.17, 15) is 9.90 Å². The Kier molecular flexibility index (Phi) is 3.53. The molecule has 0 saturated heterocycles. The first kappa shape index (κ1) is 14.8. The summed E-state index contributed by atoms with van der Waals surface area (Å²) in [5.41, 5.74) is 2.81. The fourth-order valence-corrected chi connectivity index (χ4v) is 3.20. The van der Waals surface area contributed by atoms with Crippen LogP contribution in [0, 0.1) is 0 Å². The number of hydrogen-bond acceptors (Lipinski definition) is 6. The van der Waals surface area contributed by atoms with Crippen molar-refractivity contribution < 1.29 is 24.1 Å². The average Bonchev–Trinajstić information content (AvgIpc) is 3.19. The second-order valence-electron chi connectivity index (χ2n) is 5.83. The summed E-state index contributed by atoms with van der Waals surface area (Å²) in [6.45, 7) is 2.23. The van der Waals surface area contributed by atoms with Gasteiger partial charge in [0.2, 0.25) is 12.5 Å². The van der Waals surface area contributed by atoms with Gasteiger partial charge in [-0.15, -0.1) is 0 Å². The number of fused-ring (bicyclic) bond motifs is 2. The molecule has 2 aromatic rings. The Labute approximate surface area is 137 Å². The predicted molar refractivity (Wildman–Crippen MR) is 82.5 cm³/mol. The van der Waals surface area contributed by atoms with Crippen LogP contribution in [0.5, 0.6) is 17.2 Å². The highest BCUT2D eigenvalue weighted by Crippen LogP contribution is 2.42. The number of carboxylic acid groups (broad SMARTS) is 1. The summed E-state index contributed by atoms with van der Waals surface area (Å²) < 4.78 is 16.2. The molecule has 2 N–H and O–H groups in total. The van der Waals surface area contributed by atoms with Gasteiger partial charge in [-0.05, 0) is 17.7 Å². The summed E-state index contributed by atoms with van der Waals surface area (Å²) in [6, 6.07) is 3.87. The zero-order valence-corrected chi connectivity index (χ0v) is 13.2. The first-order chi connectivity index (χ1) is 11.7. The van der Waals surface area contributed by atoms with Crippen LogP contribution in [-0.4, -0.2) is 46.6 Å². The average molecular weight is 331 g/mol. The van der Waals surface area contributed by atoms with Gasteiger partial charge in [-0.2, -0.15) is 5.10 Å². The van der Waals surface area contributed by atoms with Crippen molar-refractivity contribution >= 4 is 5.97 Å². The van der Waals surface area contributed by atoms with Crippen LogP contribution in [0.15, 0.2) is 12.1 Å². The molecule has 1 aromatic heterocycles. The molecule has 126 valence electrons. The number of H-pyrrole nitrogens is 1. The molecule has 0 atom stereocenters. The first-order valence-electron chi connectivity index (χ1n) is 7.64. The van der Waals surface area contributed by atoms with Gasteiger partial charge in [0.15, 0.2) is 17.2 Å². The van der Waals surface area contributed by atoms with E-state index in [2.05, 4.69) is 15.1 Å². The normalized spacial score (nSPS) is 16.0. The van der Waals surface area contributed by atoms with Crippen molar-refractivity contribution in [1.29, 1.82) is 0 Å². The predicted octanol–water partition coefficient (Wildman–Crippen LogP) is 1.40. The molecule has 8 heteroatoms. The van der Waals surface area contributed by atoms with Crippen LogP contribution in [0.4, 0.5) is 0 Å². The van der Waals surface area contributed by atoms with E-state index in [0.29, 0.717) is 30.3 Å². The molecule has 0 saturated carbocycles. The standard InChI is InChI=1S/C16H17N3O5/c1-22-12-4-9(5-13-15(12)24-8-23-13)6-19-3-2-11-10(7-19)14(16(20)21)18-17-11/h4-5H,2-3,6-8H2,1H3,(H,17,18)(H,20,21). The van der Waals surface area contributed by atoms with Gasteiger partial charge in [0.25, 0.3) is 0 Å². The van der Waals surface area contributed by atoms with E-state index in [0.717, 1.165) is 29.8 Å². The van der Waals surface area contributed by atoms with Crippen molar-refractivity contribution in [3.8, 4) is 17.2 Å². The van der Waals surface area contributed by atoms with Gasteiger partial charge in [0.1, 0.15) is 0 Å². The van der Waals surface area contributed by atoms with Gasteiger partial charge in [-0.1, -0.05) is 0 Å². The van der Waals surface area contributed by atoms with Crippen LogP contribution in [0.25, 0.3) is 0 Å². The van der Waals surface area contributed by atoms with Crippen LogP contribution in [0.3, 0.4) is 0 Å². The Bertz CT molecular complexity index is 801. The third kappa shape index (κ3) is 2.44. The number of aromatic nitrogens is 2. The Balaban J connectivity index is 1.56. The molecule has 2 aliphatic heterocycles. The Hall–Kier alpha value is -2.74. The highest BCUT2D eigenvalue weighted by molar-refractivity contribution is 5.87. The van der Waals surface area contributed by atoms with Gasteiger partial charge in [0, 0.05) is 37.3 Å². The topological polar surface area (TPSA) is 96.9 Å². The molecule has 0 bridgehead atoms. The van der Waals surface area contributed by atoms with Crippen LogP contribution in [0.2, 0.25) is 0 Å². The second kappa shape index (κ2) is 5.72. The van der Waals surface area contributed by atoms with E-state index in [1.54, 1.807) is 7.11 Å². The lowest BCUT2D eigenvalue weighted by Gasteiger charge is -2.26. The molecule has 24 heavy (non-hydrogen) atoms. The molecule has 0 spiro atoms. The number of nitrogens with one attached hydrogen (secondary N) is 1. The largest absolute Gasteiger partial charge is 0.493 e. The number of carboxylic acids is 1. The Morgan fingerprint density at radius 3 is 3.12 bits per heavy atom. The van der Waals surface area contributed by atoms with E-state index < -0.39 is 5.97 Å². The molecule has 0 amide bonds. The number of aromatic carboxylic acids is 1. The minimum absolute atomic E-state index is 0.109. The SMILES string of the molecule is COc1cc(CN2CCc3[nH]nc(C(=O)O)c3C2)cc2c1OCO2. The molecular weight excluding hydrogens is 314 g/mol. The van der Waals surface area contributed by atoms with E-state index in [1.165, 1.54) is 0 Å². The molecule has 0 radical (unpaired) electrons. The fourth-order valence-electron chi connectivity index (χ4n) is 3.20. The first-order valence-corrected chi connectivity index (χ1v) is 7.64. The molecule has 8 nitrogen and oxygen atoms in total. The van der Waals surface area contributed by atoms with E-state index in [1.807, 2.05) is 12.1 Å². The Morgan fingerprint density at radius 1 is 1.46 bits per heavy atom. The highest BCUT2D eigenvalue weighted by Gasteiger charge is 2.26. The molecule has 2 aliphatic rings. The zero-order valence-electron chi connectivity index (χ0n) is 13.2. The summed E-state index contributed by atoms with van der Waals surface area (Å²) in [6.07, 6.45) is 0.747. The van der Waals surface area contributed by atoms with Crippen molar-refractivity contribution in [2.75, 3.05) is 20.4 Å². The van der Waals surface area contributed by atoms with Gasteiger partial charge >= 0.3 is 5.97 Å². The van der Waals surface area contributed by atoms with Crippen LogP contribution >= 0.6 is 0 Å². The lowest BCUT2D eigenvalue weighted by molar-refractivity contribution is 0.0687. The summed E-state index contributed by atoms with van der Waals surface area (Å²) in [5.74, 6) is 0.952. The smallest absolute Gasteiger partial charge is 0.356 e. The summed E-state index contributed by atoms with van der Waals surface area (Å²) in [4.78, 5) is 13.4. The summed E-state index contributed by atoms with van der Waals surface area (Å²) in [7, 11) is 1.60. The van der Waals surface area contributed by atoms with E-state index >= 15 is 0 Å². The second-order valence-corrected chi connectivity index (χ2v) is 5.83. The van der Waals surface area contributed by atoms with E-state index in [-0.39, 0.29) is 12.5 Å². The third-order valence-corrected chi connectivity index (χ3v) is 4.34. The van der Waals surface area contributed by atoms with Gasteiger partial charge in [-0.25, -0.2) is 4.79 Å². The van der Waals surface area contributed by atoms with Gasteiger partial charge in [-0.3, -0.25) is 10.00 Å². The van der Waals surface area contributed by atoms with Crippen molar-refractivity contribution in [2.24, 2.45) is 0 Å². The number of rotatable bonds is 4. The number of aromatic amines is 1. The molecule has 3 heterocycles. The maximum atomic E-state index is 11.3. The molecule has 0 fully saturated rings. The summed E-state index contributed by atoms with van der Waals surface area (Å²) >= 11 is 0. The number of methoxy groups -OCH3 is 1. The maximum absolute atomic E-state index is 11.3.